The first kappa shape index (κ1) is 18.0. The molecule has 0 saturated carbocycles. The normalized spacial score (nSPS) is 12.2. The molecule has 3 heteroatoms. The molecule has 0 radical (unpaired) electrons. The highest BCUT2D eigenvalue weighted by Gasteiger charge is 2.42. The highest BCUT2D eigenvalue weighted by Crippen LogP contribution is 2.41. The summed E-state index contributed by atoms with van der Waals surface area (Å²) in [5.74, 6) is -0.291. The van der Waals surface area contributed by atoms with Gasteiger partial charge in [0.2, 0.25) is 5.91 Å². The van der Waals surface area contributed by atoms with Crippen molar-refractivity contribution >= 4 is 28.1 Å². The number of primary amides is 1. The monoisotopic (exact) mass is 346 g/mol. The minimum Gasteiger partial charge on any atom is -0.369 e. The van der Waals surface area contributed by atoms with Crippen LogP contribution in [-0.2, 0) is 10.2 Å². The predicted molar refractivity (Wildman–Crippen MR) is 110 cm³/mol. The number of nitrogens with two attached hydrogens (primary N) is 1. The summed E-state index contributed by atoms with van der Waals surface area (Å²) >= 11 is 0. The van der Waals surface area contributed by atoms with Gasteiger partial charge in [0.05, 0.1) is 5.41 Å². The molecule has 0 saturated heterocycles. The summed E-state index contributed by atoms with van der Waals surface area (Å²) in [5, 5.41) is 5.88. The molecule has 0 aliphatic rings. The van der Waals surface area contributed by atoms with Gasteiger partial charge in [-0.15, -0.1) is 0 Å². The first-order valence-electron chi connectivity index (χ1n) is 8.88. The van der Waals surface area contributed by atoms with Crippen LogP contribution in [0.3, 0.4) is 0 Å². The van der Waals surface area contributed by atoms with Crippen LogP contribution in [0.15, 0.2) is 66.7 Å². The van der Waals surface area contributed by atoms with Gasteiger partial charge < -0.3 is 11.1 Å². The van der Waals surface area contributed by atoms with E-state index in [0.717, 1.165) is 16.9 Å². The van der Waals surface area contributed by atoms with Crippen molar-refractivity contribution in [1.82, 2.24) is 0 Å². The molecule has 3 aromatic rings. The van der Waals surface area contributed by atoms with Crippen molar-refractivity contribution in [2.45, 2.75) is 33.1 Å². The fourth-order valence-corrected chi connectivity index (χ4v) is 3.07. The van der Waals surface area contributed by atoms with Crippen molar-refractivity contribution in [3.63, 3.8) is 0 Å². The van der Waals surface area contributed by atoms with Crippen molar-refractivity contribution in [3.8, 4) is 0 Å². The fraction of sp³-hybridized carbons (Fsp3) is 0.261. The summed E-state index contributed by atoms with van der Waals surface area (Å²) in [6, 6.07) is 22.9. The third-order valence-electron chi connectivity index (χ3n) is 5.82. The molecular formula is C23H26N2O. The summed E-state index contributed by atoms with van der Waals surface area (Å²) < 4.78 is 0. The number of fused-ring (bicyclic) bond motifs is 1. The Hall–Kier alpha value is -2.81. The van der Waals surface area contributed by atoms with Gasteiger partial charge >= 0.3 is 0 Å². The minimum atomic E-state index is -0.639. The van der Waals surface area contributed by atoms with E-state index in [4.69, 9.17) is 5.73 Å². The van der Waals surface area contributed by atoms with E-state index in [2.05, 4.69) is 61.6 Å². The van der Waals surface area contributed by atoms with E-state index in [9.17, 15) is 4.79 Å². The van der Waals surface area contributed by atoms with E-state index in [1.807, 2.05) is 38.1 Å². The smallest absolute Gasteiger partial charge is 0.223 e. The van der Waals surface area contributed by atoms with E-state index in [0.29, 0.717) is 0 Å². The van der Waals surface area contributed by atoms with Crippen LogP contribution >= 0.6 is 0 Å². The third-order valence-corrected chi connectivity index (χ3v) is 5.82. The average Bonchev–Trinajstić information content (AvgIpc) is 2.62. The number of anilines is 2. The first-order chi connectivity index (χ1) is 12.2. The van der Waals surface area contributed by atoms with E-state index in [-0.39, 0.29) is 11.3 Å². The van der Waals surface area contributed by atoms with Gasteiger partial charge in [-0.2, -0.15) is 0 Å². The largest absolute Gasteiger partial charge is 0.369 e. The Bertz CT molecular complexity index is 940. The number of benzene rings is 3. The second-order valence-corrected chi connectivity index (χ2v) is 7.88. The first-order valence-corrected chi connectivity index (χ1v) is 8.88. The summed E-state index contributed by atoms with van der Waals surface area (Å²) in [6.45, 7) is 7.92. The summed E-state index contributed by atoms with van der Waals surface area (Å²) in [5.41, 5.74) is 7.77. The van der Waals surface area contributed by atoms with E-state index in [1.54, 1.807) is 0 Å². The number of hydrogen-bond donors (Lipinski definition) is 2. The lowest BCUT2D eigenvalue weighted by Gasteiger charge is -2.39. The Labute approximate surface area is 155 Å². The maximum atomic E-state index is 11.9. The van der Waals surface area contributed by atoms with Gasteiger partial charge in [-0.3, -0.25) is 4.79 Å². The molecule has 0 atom stereocenters. The SMILES string of the molecule is CC(C)(C(N)=O)C(C)(C)c1ccc(Nc2ccc3ccccc3c2)cc1. The van der Waals surface area contributed by atoms with Crippen LogP contribution < -0.4 is 11.1 Å². The van der Waals surface area contributed by atoms with Crippen molar-refractivity contribution in [3.05, 3.63) is 72.3 Å². The van der Waals surface area contributed by atoms with Crippen molar-refractivity contribution in [1.29, 1.82) is 0 Å². The highest BCUT2D eigenvalue weighted by molar-refractivity contribution is 5.86. The van der Waals surface area contributed by atoms with Crippen LogP contribution in [-0.4, -0.2) is 5.91 Å². The molecule has 26 heavy (non-hydrogen) atoms. The maximum Gasteiger partial charge on any atom is 0.223 e. The molecule has 0 aliphatic heterocycles. The molecule has 0 spiro atoms. The molecule has 3 aromatic carbocycles. The summed E-state index contributed by atoms with van der Waals surface area (Å²) in [7, 11) is 0. The summed E-state index contributed by atoms with van der Waals surface area (Å²) in [4.78, 5) is 11.9. The van der Waals surface area contributed by atoms with Crippen molar-refractivity contribution in [2.75, 3.05) is 5.32 Å². The second-order valence-electron chi connectivity index (χ2n) is 7.88. The number of rotatable bonds is 5. The topological polar surface area (TPSA) is 55.1 Å². The van der Waals surface area contributed by atoms with Crippen LogP contribution in [0, 0.1) is 5.41 Å². The average molecular weight is 346 g/mol. The van der Waals surface area contributed by atoms with Crippen LogP contribution in [0.2, 0.25) is 0 Å². The quantitative estimate of drug-likeness (QED) is 0.652. The van der Waals surface area contributed by atoms with Gasteiger partial charge in [-0.25, -0.2) is 0 Å². The van der Waals surface area contributed by atoms with Gasteiger partial charge in [0, 0.05) is 16.8 Å². The molecule has 3 N–H and O–H groups in total. The molecule has 0 unspecified atom stereocenters. The van der Waals surface area contributed by atoms with Crippen LogP contribution in [0.1, 0.15) is 33.3 Å². The molecule has 1 amide bonds. The molecule has 3 rings (SSSR count). The number of hydrogen-bond acceptors (Lipinski definition) is 2. The lowest BCUT2D eigenvalue weighted by Crippen LogP contribution is -2.46. The molecule has 0 aromatic heterocycles. The van der Waals surface area contributed by atoms with Crippen LogP contribution in [0.4, 0.5) is 11.4 Å². The van der Waals surface area contributed by atoms with Crippen LogP contribution in [0.25, 0.3) is 10.8 Å². The zero-order valence-electron chi connectivity index (χ0n) is 15.8. The van der Waals surface area contributed by atoms with Gasteiger partial charge in [0.25, 0.3) is 0 Å². The standard InChI is InChI=1S/C23H26N2O/c1-22(2,23(3,4)21(24)26)18-10-13-19(14-11-18)25-20-12-9-16-7-5-6-8-17(16)15-20/h5-15,25H,1-4H3,(H2,24,26). The van der Waals surface area contributed by atoms with Gasteiger partial charge in [-0.05, 0) is 40.6 Å². The Balaban J connectivity index is 1.84. The lowest BCUT2D eigenvalue weighted by atomic mass is 9.64. The molecule has 134 valence electrons. The highest BCUT2D eigenvalue weighted by atomic mass is 16.1. The number of amides is 1. The molecule has 0 heterocycles. The number of carbonyl (C=O) groups is 1. The molecule has 0 aliphatic carbocycles. The maximum absolute atomic E-state index is 11.9. The zero-order chi connectivity index (χ0) is 18.9. The van der Waals surface area contributed by atoms with Crippen molar-refractivity contribution in [2.24, 2.45) is 11.1 Å². The Morgan fingerprint density at radius 2 is 1.38 bits per heavy atom. The summed E-state index contributed by atoms with van der Waals surface area (Å²) in [6.07, 6.45) is 0. The fourth-order valence-electron chi connectivity index (χ4n) is 3.07. The second kappa shape index (κ2) is 6.49. The van der Waals surface area contributed by atoms with Gasteiger partial charge in [0.15, 0.2) is 0 Å². The Morgan fingerprint density at radius 3 is 2.00 bits per heavy atom. The molecule has 0 fully saturated rings. The molecule has 3 nitrogen and oxygen atoms in total. The zero-order valence-corrected chi connectivity index (χ0v) is 15.8. The van der Waals surface area contributed by atoms with E-state index < -0.39 is 5.41 Å². The number of carbonyl (C=O) groups excluding carboxylic acids is 1. The van der Waals surface area contributed by atoms with E-state index >= 15 is 0 Å². The number of nitrogens with one attached hydrogen (secondary N) is 1. The lowest BCUT2D eigenvalue weighted by molar-refractivity contribution is -0.129. The van der Waals surface area contributed by atoms with Crippen molar-refractivity contribution < 1.29 is 4.79 Å². The molecular weight excluding hydrogens is 320 g/mol. The van der Waals surface area contributed by atoms with E-state index in [1.165, 1.54) is 10.8 Å². The van der Waals surface area contributed by atoms with Crippen LogP contribution in [0.5, 0.6) is 0 Å². The minimum absolute atomic E-state index is 0.291. The van der Waals surface area contributed by atoms with Gasteiger partial charge in [0.1, 0.15) is 0 Å². The molecule has 0 bridgehead atoms. The third kappa shape index (κ3) is 3.17. The predicted octanol–water partition coefficient (Wildman–Crippen LogP) is 5.37. The Kier molecular flexibility index (Phi) is 4.49. The Morgan fingerprint density at radius 1 is 0.808 bits per heavy atom. The van der Waals surface area contributed by atoms with Gasteiger partial charge in [-0.1, -0.05) is 70.2 Å².